The minimum atomic E-state index is -0.339. The summed E-state index contributed by atoms with van der Waals surface area (Å²) in [5.41, 5.74) is 7.15. The Labute approximate surface area is 108 Å². The number of carbonyl (C=O) groups is 1. The molecular formula is C14H20N2O2. The molecule has 0 radical (unpaired) electrons. The normalized spacial score (nSPS) is 16.2. The van der Waals surface area contributed by atoms with Crippen molar-refractivity contribution in [3.05, 3.63) is 23.8 Å². The van der Waals surface area contributed by atoms with Gasteiger partial charge in [-0.15, -0.1) is 0 Å². The van der Waals surface area contributed by atoms with E-state index in [2.05, 4.69) is 5.32 Å². The van der Waals surface area contributed by atoms with Crippen molar-refractivity contribution in [2.24, 2.45) is 11.1 Å². The van der Waals surface area contributed by atoms with Crippen LogP contribution in [-0.2, 0) is 4.79 Å². The van der Waals surface area contributed by atoms with E-state index in [9.17, 15) is 4.79 Å². The SMILES string of the molecule is CCOc1cc(C)ccc1NC(=O)C1(CN)CC1. The van der Waals surface area contributed by atoms with Crippen molar-refractivity contribution in [3.63, 3.8) is 0 Å². The fraction of sp³-hybridized carbons (Fsp3) is 0.500. The molecule has 2 rings (SSSR count). The van der Waals surface area contributed by atoms with E-state index in [1.807, 2.05) is 32.0 Å². The molecular weight excluding hydrogens is 228 g/mol. The van der Waals surface area contributed by atoms with E-state index in [1.165, 1.54) is 0 Å². The van der Waals surface area contributed by atoms with Crippen LogP contribution in [0.1, 0.15) is 25.3 Å². The highest BCUT2D eigenvalue weighted by Crippen LogP contribution is 2.45. The van der Waals surface area contributed by atoms with Gasteiger partial charge in [-0.05, 0) is 44.4 Å². The van der Waals surface area contributed by atoms with E-state index >= 15 is 0 Å². The number of rotatable bonds is 5. The summed E-state index contributed by atoms with van der Waals surface area (Å²) in [5, 5.41) is 2.93. The van der Waals surface area contributed by atoms with Gasteiger partial charge in [-0.3, -0.25) is 4.79 Å². The fourth-order valence-electron chi connectivity index (χ4n) is 1.94. The molecule has 0 saturated heterocycles. The highest BCUT2D eigenvalue weighted by atomic mass is 16.5. The molecule has 1 aliphatic rings. The first kappa shape index (κ1) is 12.9. The second-order valence-electron chi connectivity index (χ2n) is 4.87. The predicted molar refractivity (Wildman–Crippen MR) is 71.7 cm³/mol. The molecule has 0 heterocycles. The number of benzene rings is 1. The molecule has 1 fully saturated rings. The van der Waals surface area contributed by atoms with E-state index in [0.29, 0.717) is 13.2 Å². The van der Waals surface area contributed by atoms with Crippen molar-refractivity contribution in [1.82, 2.24) is 0 Å². The van der Waals surface area contributed by atoms with Gasteiger partial charge in [0.05, 0.1) is 17.7 Å². The average molecular weight is 248 g/mol. The Morgan fingerprint density at radius 1 is 1.50 bits per heavy atom. The van der Waals surface area contributed by atoms with Gasteiger partial charge >= 0.3 is 0 Å². The van der Waals surface area contributed by atoms with Crippen molar-refractivity contribution in [2.45, 2.75) is 26.7 Å². The first-order chi connectivity index (χ1) is 8.61. The summed E-state index contributed by atoms with van der Waals surface area (Å²) in [7, 11) is 0. The molecule has 1 saturated carbocycles. The van der Waals surface area contributed by atoms with Crippen LogP contribution in [0.4, 0.5) is 5.69 Å². The Bertz CT molecular complexity index is 453. The first-order valence-corrected chi connectivity index (χ1v) is 6.36. The molecule has 0 unspecified atom stereocenters. The second-order valence-corrected chi connectivity index (χ2v) is 4.87. The molecule has 0 aliphatic heterocycles. The first-order valence-electron chi connectivity index (χ1n) is 6.36. The highest BCUT2D eigenvalue weighted by Gasteiger charge is 2.48. The van der Waals surface area contributed by atoms with Crippen LogP contribution >= 0.6 is 0 Å². The van der Waals surface area contributed by atoms with Crippen LogP contribution in [0.2, 0.25) is 0 Å². The Kier molecular flexibility index (Phi) is 3.57. The van der Waals surface area contributed by atoms with Crippen LogP contribution in [0.15, 0.2) is 18.2 Å². The minimum absolute atomic E-state index is 0.00908. The molecule has 4 heteroatoms. The average Bonchev–Trinajstić information content (AvgIpc) is 3.14. The van der Waals surface area contributed by atoms with E-state index in [0.717, 1.165) is 29.8 Å². The summed E-state index contributed by atoms with van der Waals surface area (Å²) in [4.78, 5) is 12.1. The van der Waals surface area contributed by atoms with E-state index in [-0.39, 0.29) is 11.3 Å². The monoisotopic (exact) mass is 248 g/mol. The van der Waals surface area contributed by atoms with Gasteiger partial charge in [0.25, 0.3) is 0 Å². The third-order valence-corrected chi connectivity index (χ3v) is 3.41. The second kappa shape index (κ2) is 4.98. The number of hydrogen-bond acceptors (Lipinski definition) is 3. The number of nitrogens with one attached hydrogen (secondary N) is 1. The van der Waals surface area contributed by atoms with Crippen LogP contribution in [0.5, 0.6) is 5.75 Å². The largest absolute Gasteiger partial charge is 0.492 e. The molecule has 1 amide bonds. The quantitative estimate of drug-likeness (QED) is 0.838. The third kappa shape index (κ3) is 2.48. The molecule has 0 spiro atoms. The molecule has 4 nitrogen and oxygen atoms in total. The maximum atomic E-state index is 12.1. The van der Waals surface area contributed by atoms with Gasteiger partial charge in [0.2, 0.25) is 5.91 Å². The number of nitrogens with two attached hydrogens (primary N) is 1. The topological polar surface area (TPSA) is 64.3 Å². The third-order valence-electron chi connectivity index (χ3n) is 3.41. The maximum absolute atomic E-state index is 12.1. The van der Waals surface area contributed by atoms with E-state index in [1.54, 1.807) is 0 Å². The van der Waals surface area contributed by atoms with E-state index in [4.69, 9.17) is 10.5 Å². The van der Waals surface area contributed by atoms with Crippen molar-refractivity contribution in [3.8, 4) is 5.75 Å². The van der Waals surface area contributed by atoms with Crippen LogP contribution < -0.4 is 15.8 Å². The molecule has 1 aliphatic carbocycles. The number of hydrogen-bond donors (Lipinski definition) is 2. The minimum Gasteiger partial charge on any atom is -0.492 e. The van der Waals surface area contributed by atoms with Crippen molar-refractivity contribution >= 4 is 11.6 Å². The lowest BCUT2D eigenvalue weighted by Gasteiger charge is -2.16. The van der Waals surface area contributed by atoms with Crippen LogP contribution in [0.25, 0.3) is 0 Å². The lowest BCUT2D eigenvalue weighted by atomic mass is 10.1. The summed E-state index contributed by atoms with van der Waals surface area (Å²) in [6.07, 6.45) is 1.76. The number of ether oxygens (including phenoxy) is 1. The molecule has 0 bridgehead atoms. The van der Waals surface area contributed by atoms with Crippen LogP contribution in [0, 0.1) is 12.3 Å². The zero-order valence-electron chi connectivity index (χ0n) is 11.0. The fourth-order valence-corrected chi connectivity index (χ4v) is 1.94. The molecule has 1 aromatic rings. The predicted octanol–water partition coefficient (Wildman–Crippen LogP) is 2.07. The Morgan fingerprint density at radius 2 is 2.22 bits per heavy atom. The van der Waals surface area contributed by atoms with Crippen molar-refractivity contribution in [2.75, 3.05) is 18.5 Å². The maximum Gasteiger partial charge on any atom is 0.231 e. The molecule has 3 N–H and O–H groups in total. The Hall–Kier alpha value is -1.55. The van der Waals surface area contributed by atoms with Gasteiger partial charge in [-0.1, -0.05) is 6.07 Å². The van der Waals surface area contributed by atoms with Crippen molar-refractivity contribution in [1.29, 1.82) is 0 Å². The molecule has 18 heavy (non-hydrogen) atoms. The molecule has 1 aromatic carbocycles. The Balaban J connectivity index is 2.15. The number of anilines is 1. The molecule has 0 aromatic heterocycles. The summed E-state index contributed by atoms with van der Waals surface area (Å²) >= 11 is 0. The number of aryl methyl sites for hydroxylation is 1. The van der Waals surface area contributed by atoms with Crippen LogP contribution in [-0.4, -0.2) is 19.1 Å². The summed E-state index contributed by atoms with van der Waals surface area (Å²) in [6, 6.07) is 5.77. The zero-order valence-corrected chi connectivity index (χ0v) is 11.0. The standard InChI is InChI=1S/C14H20N2O2/c1-3-18-12-8-10(2)4-5-11(12)16-13(17)14(9-15)6-7-14/h4-5,8H,3,6-7,9,15H2,1-2H3,(H,16,17). The van der Waals surface area contributed by atoms with Gasteiger partial charge in [-0.25, -0.2) is 0 Å². The van der Waals surface area contributed by atoms with Gasteiger partial charge in [0.1, 0.15) is 5.75 Å². The molecule has 98 valence electrons. The number of carbonyl (C=O) groups excluding carboxylic acids is 1. The lowest BCUT2D eigenvalue weighted by Crippen LogP contribution is -2.31. The zero-order chi connectivity index (χ0) is 13.2. The van der Waals surface area contributed by atoms with Gasteiger partial charge in [-0.2, -0.15) is 0 Å². The van der Waals surface area contributed by atoms with E-state index < -0.39 is 0 Å². The van der Waals surface area contributed by atoms with Crippen LogP contribution in [0.3, 0.4) is 0 Å². The summed E-state index contributed by atoms with van der Waals surface area (Å²) in [5.74, 6) is 0.730. The highest BCUT2D eigenvalue weighted by molar-refractivity contribution is 5.98. The lowest BCUT2D eigenvalue weighted by molar-refractivity contribution is -0.120. The molecule has 0 atom stereocenters. The van der Waals surface area contributed by atoms with Gasteiger partial charge in [0, 0.05) is 6.54 Å². The smallest absolute Gasteiger partial charge is 0.231 e. The summed E-state index contributed by atoms with van der Waals surface area (Å²) < 4.78 is 5.54. The Morgan fingerprint density at radius 3 is 2.78 bits per heavy atom. The summed E-state index contributed by atoms with van der Waals surface area (Å²) in [6.45, 7) is 4.91. The van der Waals surface area contributed by atoms with Crippen molar-refractivity contribution < 1.29 is 9.53 Å². The van der Waals surface area contributed by atoms with Gasteiger partial charge in [0.15, 0.2) is 0 Å². The number of amides is 1. The van der Waals surface area contributed by atoms with Gasteiger partial charge < -0.3 is 15.8 Å².